The highest BCUT2D eigenvalue weighted by atomic mass is 16.5. The van der Waals surface area contributed by atoms with Gasteiger partial charge in [-0.15, -0.1) is 0 Å². The monoisotopic (exact) mass is 340 g/mol. The van der Waals surface area contributed by atoms with Gasteiger partial charge < -0.3 is 14.5 Å². The van der Waals surface area contributed by atoms with E-state index in [4.69, 9.17) is 4.74 Å². The van der Waals surface area contributed by atoms with E-state index in [1.165, 1.54) is 0 Å². The molecule has 0 aliphatic carbocycles. The maximum Gasteiger partial charge on any atom is 0.260 e. The fraction of sp³-hybridized carbons (Fsp3) is 0.400. The van der Waals surface area contributed by atoms with Gasteiger partial charge in [0.2, 0.25) is 5.91 Å². The third-order valence-corrected chi connectivity index (χ3v) is 4.52. The van der Waals surface area contributed by atoms with Crippen molar-refractivity contribution in [2.75, 3.05) is 32.8 Å². The Morgan fingerprint density at radius 3 is 2.28 bits per heavy atom. The van der Waals surface area contributed by atoms with Gasteiger partial charge in [0.05, 0.1) is 0 Å². The minimum atomic E-state index is -0.0372. The third kappa shape index (κ3) is 4.10. The Morgan fingerprint density at radius 1 is 0.960 bits per heavy atom. The largest absolute Gasteiger partial charge is 0.484 e. The fourth-order valence-corrected chi connectivity index (χ4v) is 3.03. The lowest BCUT2D eigenvalue weighted by Gasteiger charge is -2.35. The minimum absolute atomic E-state index is 0.00140. The van der Waals surface area contributed by atoms with Crippen LogP contribution in [-0.2, 0) is 9.59 Å². The summed E-state index contributed by atoms with van der Waals surface area (Å²) >= 11 is 0. The van der Waals surface area contributed by atoms with Crippen LogP contribution in [0.3, 0.4) is 0 Å². The number of benzene rings is 2. The lowest BCUT2D eigenvalue weighted by Crippen LogP contribution is -2.52. The maximum absolute atomic E-state index is 12.3. The van der Waals surface area contributed by atoms with Crippen molar-refractivity contribution in [1.82, 2.24) is 9.80 Å². The summed E-state index contributed by atoms with van der Waals surface area (Å²) in [7, 11) is 0. The molecule has 0 N–H and O–H groups in total. The average molecular weight is 340 g/mol. The molecule has 5 nitrogen and oxygen atoms in total. The van der Waals surface area contributed by atoms with E-state index in [0.717, 1.165) is 10.8 Å². The van der Waals surface area contributed by atoms with E-state index < -0.39 is 0 Å². The number of fused-ring (bicyclic) bond motifs is 1. The first-order valence-corrected chi connectivity index (χ1v) is 8.73. The molecular weight excluding hydrogens is 316 g/mol. The number of carbonyl (C=O) groups is 2. The van der Waals surface area contributed by atoms with Crippen LogP contribution in [0.15, 0.2) is 42.5 Å². The lowest BCUT2D eigenvalue weighted by atomic mass is 10.1. The first-order chi connectivity index (χ1) is 12.0. The summed E-state index contributed by atoms with van der Waals surface area (Å²) in [6.07, 6.45) is 0. The standard InChI is InChI=1S/C20H24N2O3/c1-15(2)20(24)22-11-9-21(10-12-22)19(23)14-25-18-8-7-16-5-3-4-6-17(16)13-18/h3-8,13,15H,9-12,14H2,1-2H3. The molecule has 0 radical (unpaired) electrons. The van der Waals surface area contributed by atoms with Gasteiger partial charge in [-0.2, -0.15) is 0 Å². The molecule has 1 aliphatic heterocycles. The van der Waals surface area contributed by atoms with E-state index >= 15 is 0 Å². The molecule has 132 valence electrons. The van der Waals surface area contributed by atoms with Gasteiger partial charge >= 0.3 is 0 Å². The molecule has 0 unspecified atom stereocenters. The zero-order valence-corrected chi connectivity index (χ0v) is 14.8. The van der Waals surface area contributed by atoms with E-state index in [9.17, 15) is 9.59 Å². The van der Waals surface area contributed by atoms with Crippen LogP contribution < -0.4 is 4.74 Å². The molecule has 0 spiro atoms. The van der Waals surface area contributed by atoms with E-state index in [1.54, 1.807) is 4.90 Å². The molecule has 0 aromatic heterocycles. The summed E-state index contributed by atoms with van der Waals surface area (Å²) in [6.45, 7) is 6.15. The quantitative estimate of drug-likeness (QED) is 0.859. The molecular formula is C20H24N2O3. The molecule has 2 aromatic rings. The summed E-state index contributed by atoms with van der Waals surface area (Å²) in [6, 6.07) is 13.9. The normalized spacial score (nSPS) is 14.8. The summed E-state index contributed by atoms with van der Waals surface area (Å²) in [5.41, 5.74) is 0. The van der Waals surface area contributed by atoms with Crippen molar-refractivity contribution in [3.63, 3.8) is 0 Å². The fourth-order valence-electron chi connectivity index (χ4n) is 3.03. The number of rotatable bonds is 4. The smallest absolute Gasteiger partial charge is 0.260 e. The second-order valence-corrected chi connectivity index (χ2v) is 6.66. The van der Waals surface area contributed by atoms with Crippen LogP contribution in [0.4, 0.5) is 0 Å². The molecule has 0 saturated carbocycles. The summed E-state index contributed by atoms with van der Waals surface area (Å²) in [5, 5.41) is 2.24. The van der Waals surface area contributed by atoms with Crippen LogP contribution >= 0.6 is 0 Å². The Labute approximate surface area is 148 Å². The first kappa shape index (κ1) is 17.3. The van der Waals surface area contributed by atoms with Gasteiger partial charge in [-0.3, -0.25) is 9.59 Å². The SMILES string of the molecule is CC(C)C(=O)N1CCN(C(=O)COc2ccc3ccccc3c2)CC1. The summed E-state index contributed by atoms with van der Waals surface area (Å²) in [5.74, 6) is 0.809. The van der Waals surface area contributed by atoms with Crippen LogP contribution in [0.1, 0.15) is 13.8 Å². The number of hydrogen-bond acceptors (Lipinski definition) is 3. The van der Waals surface area contributed by atoms with E-state index in [0.29, 0.717) is 31.9 Å². The number of nitrogens with zero attached hydrogens (tertiary/aromatic N) is 2. The molecule has 3 rings (SSSR count). The van der Waals surface area contributed by atoms with Crippen LogP contribution in [0, 0.1) is 5.92 Å². The Morgan fingerprint density at radius 2 is 1.60 bits per heavy atom. The van der Waals surface area contributed by atoms with Gasteiger partial charge in [-0.1, -0.05) is 44.2 Å². The number of piperazine rings is 1. The van der Waals surface area contributed by atoms with Gasteiger partial charge in [-0.25, -0.2) is 0 Å². The van der Waals surface area contributed by atoms with Crippen molar-refractivity contribution in [3.8, 4) is 5.75 Å². The molecule has 2 amide bonds. The highest BCUT2D eigenvalue weighted by Gasteiger charge is 2.25. The zero-order chi connectivity index (χ0) is 17.8. The van der Waals surface area contributed by atoms with Gasteiger partial charge in [0, 0.05) is 32.1 Å². The molecule has 1 fully saturated rings. The minimum Gasteiger partial charge on any atom is -0.484 e. The second-order valence-electron chi connectivity index (χ2n) is 6.66. The van der Waals surface area contributed by atoms with Crippen molar-refractivity contribution >= 4 is 22.6 Å². The molecule has 0 atom stereocenters. The Balaban J connectivity index is 1.52. The van der Waals surface area contributed by atoms with Gasteiger partial charge in [0.15, 0.2) is 6.61 Å². The number of ether oxygens (including phenoxy) is 1. The van der Waals surface area contributed by atoms with Crippen molar-refractivity contribution in [3.05, 3.63) is 42.5 Å². The highest BCUT2D eigenvalue weighted by molar-refractivity contribution is 5.84. The van der Waals surface area contributed by atoms with E-state index in [-0.39, 0.29) is 24.3 Å². The third-order valence-electron chi connectivity index (χ3n) is 4.52. The van der Waals surface area contributed by atoms with Crippen molar-refractivity contribution < 1.29 is 14.3 Å². The molecule has 5 heteroatoms. The summed E-state index contributed by atoms with van der Waals surface area (Å²) in [4.78, 5) is 27.9. The molecule has 1 saturated heterocycles. The van der Waals surface area contributed by atoms with Crippen molar-refractivity contribution in [1.29, 1.82) is 0 Å². The Hall–Kier alpha value is -2.56. The zero-order valence-electron chi connectivity index (χ0n) is 14.8. The predicted molar refractivity (Wildman–Crippen MR) is 97.4 cm³/mol. The number of hydrogen-bond donors (Lipinski definition) is 0. The van der Waals surface area contributed by atoms with E-state index in [1.807, 2.05) is 61.2 Å². The van der Waals surface area contributed by atoms with Gasteiger partial charge in [-0.05, 0) is 22.9 Å². The van der Waals surface area contributed by atoms with Crippen LogP contribution in [-0.4, -0.2) is 54.4 Å². The van der Waals surface area contributed by atoms with Crippen molar-refractivity contribution in [2.24, 2.45) is 5.92 Å². The highest BCUT2D eigenvalue weighted by Crippen LogP contribution is 2.20. The first-order valence-electron chi connectivity index (χ1n) is 8.73. The molecule has 2 aromatic carbocycles. The van der Waals surface area contributed by atoms with Crippen LogP contribution in [0.25, 0.3) is 10.8 Å². The van der Waals surface area contributed by atoms with E-state index in [2.05, 4.69) is 0 Å². The molecule has 0 bridgehead atoms. The second kappa shape index (κ2) is 7.55. The molecule has 1 heterocycles. The van der Waals surface area contributed by atoms with Crippen LogP contribution in [0.2, 0.25) is 0 Å². The maximum atomic E-state index is 12.3. The molecule has 25 heavy (non-hydrogen) atoms. The van der Waals surface area contributed by atoms with Gasteiger partial charge in [0.25, 0.3) is 5.91 Å². The average Bonchev–Trinajstić information content (AvgIpc) is 2.65. The lowest BCUT2D eigenvalue weighted by molar-refractivity contribution is -0.142. The number of amides is 2. The summed E-state index contributed by atoms with van der Waals surface area (Å²) < 4.78 is 5.67. The topological polar surface area (TPSA) is 49.9 Å². The van der Waals surface area contributed by atoms with Crippen molar-refractivity contribution in [2.45, 2.75) is 13.8 Å². The van der Waals surface area contributed by atoms with Gasteiger partial charge in [0.1, 0.15) is 5.75 Å². The van der Waals surface area contributed by atoms with Crippen LogP contribution in [0.5, 0.6) is 5.75 Å². The molecule has 1 aliphatic rings. The predicted octanol–water partition coefficient (Wildman–Crippen LogP) is 2.55. The Kier molecular flexibility index (Phi) is 5.22. The number of carbonyl (C=O) groups excluding carboxylic acids is 2. The Bertz CT molecular complexity index is 764.